The fraction of sp³-hybridized carbons (Fsp3) is 0.389. The van der Waals surface area contributed by atoms with Crippen LogP contribution in [0.2, 0.25) is 0 Å². The largest absolute Gasteiger partial charge is 0.356 e. The van der Waals surface area contributed by atoms with Crippen molar-refractivity contribution in [2.24, 2.45) is 5.92 Å². The van der Waals surface area contributed by atoms with Crippen LogP contribution in [-0.2, 0) is 0 Å². The summed E-state index contributed by atoms with van der Waals surface area (Å²) in [5.41, 5.74) is 3.18. The molecule has 5 nitrogen and oxygen atoms in total. The first kappa shape index (κ1) is 15.1. The minimum Gasteiger partial charge on any atom is -0.356 e. The zero-order chi connectivity index (χ0) is 16.7. The standard InChI is InChI=1S/C18H20FN5/c1-11-4-3-5-24(9-11)18-15-14(8-21-17(15)22-10-23-18)13-6-12(2)16(19)20-7-13/h6-8,10-11H,3-5,9H2,1-2H3,(H,21,22,23). The molecule has 0 amide bonds. The average Bonchev–Trinajstić information content (AvgIpc) is 3.01. The van der Waals surface area contributed by atoms with Crippen LogP contribution in [0.25, 0.3) is 22.2 Å². The van der Waals surface area contributed by atoms with Crippen LogP contribution in [0.3, 0.4) is 0 Å². The number of aryl methyl sites for hydroxylation is 1. The van der Waals surface area contributed by atoms with Gasteiger partial charge < -0.3 is 9.88 Å². The number of fused-ring (bicyclic) bond motifs is 1. The molecule has 0 bridgehead atoms. The minimum atomic E-state index is -0.431. The van der Waals surface area contributed by atoms with Gasteiger partial charge in [-0.25, -0.2) is 15.0 Å². The molecule has 1 aliphatic heterocycles. The van der Waals surface area contributed by atoms with E-state index in [1.807, 2.05) is 12.3 Å². The molecule has 1 fully saturated rings. The van der Waals surface area contributed by atoms with E-state index in [0.29, 0.717) is 11.5 Å². The minimum absolute atomic E-state index is 0.431. The van der Waals surface area contributed by atoms with Gasteiger partial charge in [0.1, 0.15) is 17.8 Å². The van der Waals surface area contributed by atoms with E-state index < -0.39 is 5.95 Å². The van der Waals surface area contributed by atoms with Crippen LogP contribution in [0.1, 0.15) is 25.3 Å². The Morgan fingerprint density at radius 2 is 2.17 bits per heavy atom. The van der Waals surface area contributed by atoms with Crippen molar-refractivity contribution in [2.45, 2.75) is 26.7 Å². The van der Waals surface area contributed by atoms with Crippen LogP contribution in [0.4, 0.5) is 10.2 Å². The number of aromatic nitrogens is 4. The highest BCUT2D eigenvalue weighted by atomic mass is 19.1. The van der Waals surface area contributed by atoms with Crippen molar-refractivity contribution in [1.29, 1.82) is 0 Å². The number of rotatable bonds is 2. The highest BCUT2D eigenvalue weighted by Gasteiger charge is 2.22. The fourth-order valence-electron chi connectivity index (χ4n) is 3.50. The SMILES string of the molecule is Cc1cc(-c2c[nH]c3ncnc(N4CCCC(C)C4)c23)cnc1F. The van der Waals surface area contributed by atoms with Crippen LogP contribution in [0.15, 0.2) is 24.8 Å². The van der Waals surface area contributed by atoms with Gasteiger partial charge in [-0.05, 0) is 31.7 Å². The Morgan fingerprint density at radius 1 is 1.29 bits per heavy atom. The summed E-state index contributed by atoms with van der Waals surface area (Å²) >= 11 is 0. The Morgan fingerprint density at radius 3 is 2.96 bits per heavy atom. The number of aromatic amines is 1. The molecule has 4 heterocycles. The van der Waals surface area contributed by atoms with Gasteiger partial charge in [0.25, 0.3) is 0 Å². The monoisotopic (exact) mass is 325 g/mol. The molecule has 124 valence electrons. The summed E-state index contributed by atoms with van der Waals surface area (Å²) in [5, 5.41) is 0.986. The van der Waals surface area contributed by atoms with E-state index in [4.69, 9.17) is 0 Å². The van der Waals surface area contributed by atoms with E-state index in [9.17, 15) is 4.39 Å². The molecule has 4 rings (SSSR count). The number of H-pyrrole nitrogens is 1. The third-order valence-electron chi connectivity index (χ3n) is 4.73. The summed E-state index contributed by atoms with van der Waals surface area (Å²) in [7, 11) is 0. The molecule has 0 aromatic carbocycles. The Labute approximate surface area is 140 Å². The second kappa shape index (κ2) is 5.85. The summed E-state index contributed by atoms with van der Waals surface area (Å²) in [4.78, 5) is 18.3. The van der Waals surface area contributed by atoms with E-state index in [0.717, 1.165) is 41.1 Å². The fourth-order valence-corrected chi connectivity index (χ4v) is 3.50. The molecular formula is C18H20FN5. The normalized spacial score (nSPS) is 18.3. The van der Waals surface area contributed by atoms with Crippen molar-refractivity contribution in [2.75, 3.05) is 18.0 Å². The van der Waals surface area contributed by atoms with Gasteiger partial charge in [0.15, 0.2) is 0 Å². The van der Waals surface area contributed by atoms with E-state index in [2.05, 4.69) is 31.8 Å². The quantitative estimate of drug-likeness (QED) is 0.730. The number of hydrogen-bond acceptors (Lipinski definition) is 4. The Kier molecular flexibility index (Phi) is 3.67. The Bertz CT molecular complexity index is 888. The Balaban J connectivity index is 1.86. The molecule has 1 saturated heterocycles. The van der Waals surface area contributed by atoms with Gasteiger partial charge in [0, 0.05) is 42.2 Å². The van der Waals surface area contributed by atoms with Gasteiger partial charge in [0.2, 0.25) is 5.95 Å². The highest BCUT2D eigenvalue weighted by Crippen LogP contribution is 2.35. The molecule has 3 aromatic heterocycles. The molecule has 1 aliphatic rings. The Hall–Kier alpha value is -2.50. The third-order valence-corrected chi connectivity index (χ3v) is 4.73. The number of nitrogens with zero attached hydrogens (tertiary/aromatic N) is 4. The van der Waals surface area contributed by atoms with Crippen LogP contribution < -0.4 is 4.90 Å². The highest BCUT2D eigenvalue weighted by molar-refractivity contribution is 6.01. The first-order valence-electron chi connectivity index (χ1n) is 8.33. The van der Waals surface area contributed by atoms with Crippen molar-refractivity contribution in [3.8, 4) is 11.1 Å². The first-order valence-corrected chi connectivity index (χ1v) is 8.33. The number of anilines is 1. The van der Waals surface area contributed by atoms with Crippen molar-refractivity contribution in [3.63, 3.8) is 0 Å². The lowest BCUT2D eigenvalue weighted by Gasteiger charge is -2.32. The third kappa shape index (κ3) is 2.52. The smallest absolute Gasteiger partial charge is 0.215 e. The van der Waals surface area contributed by atoms with Crippen LogP contribution in [-0.4, -0.2) is 33.0 Å². The van der Waals surface area contributed by atoms with Gasteiger partial charge in [-0.1, -0.05) is 6.92 Å². The van der Waals surface area contributed by atoms with Crippen molar-refractivity contribution in [3.05, 3.63) is 36.3 Å². The number of nitrogens with one attached hydrogen (secondary N) is 1. The molecule has 0 radical (unpaired) electrons. The number of pyridine rings is 1. The number of piperidine rings is 1. The van der Waals surface area contributed by atoms with Crippen molar-refractivity contribution in [1.82, 2.24) is 19.9 Å². The summed E-state index contributed by atoms with van der Waals surface area (Å²) in [6, 6.07) is 1.82. The molecule has 0 aliphatic carbocycles. The lowest BCUT2D eigenvalue weighted by atomic mass is 9.99. The van der Waals surface area contributed by atoms with Crippen LogP contribution in [0, 0.1) is 18.8 Å². The topological polar surface area (TPSA) is 57.7 Å². The van der Waals surface area contributed by atoms with E-state index in [1.54, 1.807) is 19.4 Å². The van der Waals surface area contributed by atoms with E-state index in [-0.39, 0.29) is 0 Å². The van der Waals surface area contributed by atoms with Gasteiger partial charge in [-0.15, -0.1) is 0 Å². The maximum atomic E-state index is 13.5. The second-order valence-electron chi connectivity index (χ2n) is 6.65. The summed E-state index contributed by atoms with van der Waals surface area (Å²) in [6.45, 7) is 6.00. The van der Waals surface area contributed by atoms with Gasteiger partial charge in [-0.2, -0.15) is 4.39 Å². The van der Waals surface area contributed by atoms with E-state index in [1.165, 1.54) is 12.8 Å². The molecule has 1 atom stereocenters. The van der Waals surface area contributed by atoms with Crippen LogP contribution in [0.5, 0.6) is 0 Å². The predicted molar refractivity (Wildman–Crippen MR) is 92.4 cm³/mol. The van der Waals surface area contributed by atoms with E-state index >= 15 is 0 Å². The lowest BCUT2D eigenvalue weighted by molar-refractivity contribution is 0.445. The number of hydrogen-bond donors (Lipinski definition) is 1. The second-order valence-corrected chi connectivity index (χ2v) is 6.65. The summed E-state index contributed by atoms with van der Waals surface area (Å²) in [5.74, 6) is 1.17. The zero-order valence-electron chi connectivity index (χ0n) is 13.9. The molecule has 3 aromatic rings. The molecule has 0 saturated carbocycles. The van der Waals surface area contributed by atoms with Crippen LogP contribution >= 0.6 is 0 Å². The molecule has 6 heteroatoms. The molecule has 1 unspecified atom stereocenters. The van der Waals surface area contributed by atoms with Gasteiger partial charge in [0.05, 0.1) is 5.39 Å². The molecular weight excluding hydrogens is 305 g/mol. The lowest BCUT2D eigenvalue weighted by Crippen LogP contribution is -2.35. The van der Waals surface area contributed by atoms with Crippen molar-refractivity contribution >= 4 is 16.9 Å². The average molecular weight is 325 g/mol. The maximum absolute atomic E-state index is 13.5. The van der Waals surface area contributed by atoms with Gasteiger partial charge >= 0.3 is 0 Å². The summed E-state index contributed by atoms with van der Waals surface area (Å²) in [6.07, 6.45) is 7.51. The zero-order valence-corrected chi connectivity index (χ0v) is 13.9. The first-order chi connectivity index (χ1) is 11.6. The number of halogens is 1. The molecule has 0 spiro atoms. The summed E-state index contributed by atoms with van der Waals surface area (Å²) < 4.78 is 13.5. The molecule has 24 heavy (non-hydrogen) atoms. The molecule has 1 N–H and O–H groups in total. The maximum Gasteiger partial charge on any atom is 0.215 e. The van der Waals surface area contributed by atoms with Gasteiger partial charge in [-0.3, -0.25) is 0 Å². The van der Waals surface area contributed by atoms with Crippen molar-refractivity contribution < 1.29 is 4.39 Å². The predicted octanol–water partition coefficient (Wildman–Crippen LogP) is 3.70.